The molecule has 1 aliphatic heterocycles. The van der Waals surface area contributed by atoms with E-state index in [-0.39, 0.29) is 6.42 Å². The van der Waals surface area contributed by atoms with Crippen LogP contribution in [0, 0.1) is 5.92 Å². The molecule has 2 N–H and O–H groups in total. The zero-order valence-corrected chi connectivity index (χ0v) is 13.1. The normalized spacial score (nSPS) is 25.0. The van der Waals surface area contributed by atoms with Crippen molar-refractivity contribution >= 4 is 11.9 Å². The first-order valence-electron chi connectivity index (χ1n) is 8.23. The monoisotopic (exact) mass is 335 g/mol. The number of carbonyl (C=O) groups is 2. The average Bonchev–Trinajstić information content (AvgIpc) is 2.92. The van der Waals surface area contributed by atoms with Crippen LogP contribution in [-0.4, -0.2) is 48.7 Å². The van der Waals surface area contributed by atoms with Crippen LogP contribution >= 0.6 is 0 Å². The molecule has 5 nitrogen and oxygen atoms in total. The van der Waals surface area contributed by atoms with E-state index in [4.69, 9.17) is 0 Å². The van der Waals surface area contributed by atoms with Crippen molar-refractivity contribution in [2.75, 3.05) is 19.6 Å². The molecule has 0 spiro atoms. The largest absolute Gasteiger partial charge is 0.390 e. The highest BCUT2D eigenvalue weighted by molar-refractivity contribution is 5.94. The fourth-order valence-corrected chi connectivity index (χ4v) is 3.63. The number of fused-ring (bicyclic) bond motifs is 1. The minimum atomic E-state index is -4.32. The second kappa shape index (κ2) is 7.99. The van der Waals surface area contributed by atoms with Gasteiger partial charge in [-0.3, -0.25) is 15.0 Å². The quantitative estimate of drug-likeness (QED) is 0.811. The Kier molecular flexibility index (Phi) is 6.26. The van der Waals surface area contributed by atoms with Gasteiger partial charge in [0, 0.05) is 25.6 Å². The van der Waals surface area contributed by atoms with Gasteiger partial charge in [0.15, 0.2) is 0 Å². The van der Waals surface area contributed by atoms with Crippen LogP contribution in [0.1, 0.15) is 44.9 Å². The summed E-state index contributed by atoms with van der Waals surface area (Å²) in [5.41, 5.74) is 0. The van der Waals surface area contributed by atoms with Crippen LogP contribution in [0.15, 0.2) is 0 Å². The molecule has 1 heterocycles. The Hall–Kier alpha value is -1.31. The van der Waals surface area contributed by atoms with Gasteiger partial charge in [0.05, 0.1) is 6.42 Å². The van der Waals surface area contributed by atoms with E-state index < -0.39 is 31.1 Å². The highest BCUT2D eigenvalue weighted by Crippen LogP contribution is 2.36. The molecule has 2 aliphatic rings. The number of carbonyl (C=O) groups excluding carboxylic acids is 2. The number of urea groups is 1. The van der Waals surface area contributed by atoms with E-state index in [9.17, 15) is 22.8 Å². The molecule has 2 atom stereocenters. The lowest BCUT2D eigenvalue weighted by molar-refractivity contribution is -0.132. The van der Waals surface area contributed by atoms with Gasteiger partial charge < -0.3 is 5.32 Å². The molecule has 2 fully saturated rings. The van der Waals surface area contributed by atoms with E-state index >= 15 is 0 Å². The third kappa shape index (κ3) is 6.01. The van der Waals surface area contributed by atoms with Gasteiger partial charge in [-0.15, -0.1) is 0 Å². The predicted octanol–water partition coefficient (Wildman–Crippen LogP) is 2.42. The van der Waals surface area contributed by atoms with E-state index in [0.29, 0.717) is 12.6 Å². The summed E-state index contributed by atoms with van der Waals surface area (Å²) in [6.45, 7) is 1.05. The number of rotatable bonds is 5. The van der Waals surface area contributed by atoms with E-state index in [0.717, 1.165) is 18.9 Å². The summed E-state index contributed by atoms with van der Waals surface area (Å²) in [6.07, 6.45) is 0.833. The summed E-state index contributed by atoms with van der Waals surface area (Å²) in [5.74, 6) is 0.284. The van der Waals surface area contributed by atoms with Crippen molar-refractivity contribution in [1.29, 1.82) is 0 Å². The van der Waals surface area contributed by atoms with Gasteiger partial charge in [-0.05, 0) is 38.1 Å². The lowest BCUT2D eigenvalue weighted by atomic mass is 9.92. The van der Waals surface area contributed by atoms with Crippen molar-refractivity contribution < 1.29 is 22.8 Å². The maximum absolute atomic E-state index is 12.0. The first-order valence-corrected chi connectivity index (χ1v) is 8.23. The third-order valence-electron chi connectivity index (χ3n) is 4.68. The summed E-state index contributed by atoms with van der Waals surface area (Å²) in [7, 11) is 0. The predicted molar refractivity (Wildman–Crippen MR) is 78.8 cm³/mol. The Balaban J connectivity index is 1.63. The van der Waals surface area contributed by atoms with E-state index in [1.54, 1.807) is 0 Å². The second-order valence-corrected chi connectivity index (χ2v) is 6.36. The van der Waals surface area contributed by atoms with Crippen molar-refractivity contribution in [3.63, 3.8) is 0 Å². The summed E-state index contributed by atoms with van der Waals surface area (Å²) >= 11 is 0. The first-order chi connectivity index (χ1) is 10.8. The van der Waals surface area contributed by atoms with Crippen LogP contribution in [0.25, 0.3) is 0 Å². The van der Waals surface area contributed by atoms with Crippen molar-refractivity contribution in [3.05, 3.63) is 0 Å². The zero-order valence-electron chi connectivity index (χ0n) is 13.1. The van der Waals surface area contributed by atoms with Crippen LogP contribution < -0.4 is 10.6 Å². The number of likely N-dealkylation sites (tertiary alicyclic amines) is 1. The number of imide groups is 1. The molecule has 0 aromatic rings. The zero-order chi connectivity index (χ0) is 16.9. The fourth-order valence-electron chi connectivity index (χ4n) is 3.63. The smallest absolute Gasteiger partial charge is 0.337 e. The molecule has 0 bridgehead atoms. The van der Waals surface area contributed by atoms with E-state index in [1.807, 2.05) is 5.32 Å². The number of nitrogens with one attached hydrogen (secondary N) is 2. The SMILES string of the molecule is O=C(CCN1CCC[C@@H]2CCC[C@@H]21)NC(=O)NCCC(F)(F)F. The molecule has 0 unspecified atom stereocenters. The Morgan fingerprint density at radius 3 is 2.61 bits per heavy atom. The van der Waals surface area contributed by atoms with E-state index in [2.05, 4.69) is 10.2 Å². The number of alkyl halides is 3. The molecule has 2 rings (SSSR count). The Bertz CT molecular complexity index is 429. The maximum atomic E-state index is 12.0. The van der Waals surface area contributed by atoms with Crippen molar-refractivity contribution in [2.24, 2.45) is 5.92 Å². The number of piperidine rings is 1. The third-order valence-corrected chi connectivity index (χ3v) is 4.68. The standard InChI is InChI=1S/C15H24F3N3O2/c16-15(17,18)7-8-19-14(23)20-13(22)6-10-21-9-2-4-11-3-1-5-12(11)21/h11-12H,1-10H2,(H2,19,20,22,23)/t11-,12-/m0/s1. The first kappa shape index (κ1) is 18.0. The lowest BCUT2D eigenvalue weighted by Crippen LogP contribution is -2.45. The molecular formula is C15H24F3N3O2. The Morgan fingerprint density at radius 1 is 1.13 bits per heavy atom. The van der Waals surface area contributed by atoms with Crippen LogP contribution in [-0.2, 0) is 4.79 Å². The minimum absolute atomic E-state index is 0.190. The summed E-state index contributed by atoms with van der Waals surface area (Å²) in [6, 6.07) is -0.311. The molecule has 0 aromatic heterocycles. The number of nitrogens with zero attached hydrogens (tertiary/aromatic N) is 1. The number of hydrogen-bond acceptors (Lipinski definition) is 3. The topological polar surface area (TPSA) is 61.4 Å². The van der Waals surface area contributed by atoms with Crippen LogP contribution in [0.4, 0.5) is 18.0 Å². The van der Waals surface area contributed by atoms with Crippen LogP contribution in [0.2, 0.25) is 0 Å². The van der Waals surface area contributed by atoms with Crippen molar-refractivity contribution in [3.8, 4) is 0 Å². The van der Waals surface area contributed by atoms with Gasteiger partial charge in [-0.2, -0.15) is 13.2 Å². The highest BCUT2D eigenvalue weighted by atomic mass is 19.4. The van der Waals surface area contributed by atoms with Crippen molar-refractivity contribution in [1.82, 2.24) is 15.5 Å². The molecule has 132 valence electrons. The molecule has 1 saturated carbocycles. The molecule has 0 radical (unpaired) electrons. The highest BCUT2D eigenvalue weighted by Gasteiger charge is 2.34. The summed E-state index contributed by atoms with van der Waals surface area (Å²) in [5, 5.41) is 4.12. The molecule has 1 aliphatic carbocycles. The average molecular weight is 335 g/mol. The minimum Gasteiger partial charge on any atom is -0.337 e. The fraction of sp³-hybridized carbons (Fsp3) is 0.867. The van der Waals surface area contributed by atoms with Crippen LogP contribution in [0.5, 0.6) is 0 Å². The molecule has 0 aromatic carbocycles. The molecule has 23 heavy (non-hydrogen) atoms. The number of hydrogen-bond donors (Lipinski definition) is 2. The lowest BCUT2D eigenvalue weighted by Gasteiger charge is -2.37. The Labute approximate surface area is 134 Å². The van der Waals surface area contributed by atoms with Crippen LogP contribution in [0.3, 0.4) is 0 Å². The second-order valence-electron chi connectivity index (χ2n) is 6.36. The number of amides is 3. The van der Waals surface area contributed by atoms with Crippen molar-refractivity contribution in [2.45, 2.75) is 57.2 Å². The Morgan fingerprint density at radius 2 is 1.87 bits per heavy atom. The molecular weight excluding hydrogens is 311 g/mol. The van der Waals surface area contributed by atoms with Gasteiger partial charge in [-0.1, -0.05) is 6.42 Å². The van der Waals surface area contributed by atoms with Gasteiger partial charge in [0.1, 0.15) is 0 Å². The van der Waals surface area contributed by atoms with Gasteiger partial charge >= 0.3 is 12.2 Å². The molecule has 8 heteroatoms. The van der Waals surface area contributed by atoms with Gasteiger partial charge in [0.25, 0.3) is 0 Å². The number of halogens is 3. The van der Waals surface area contributed by atoms with Gasteiger partial charge in [0.2, 0.25) is 5.91 Å². The molecule has 1 saturated heterocycles. The maximum Gasteiger partial charge on any atom is 0.390 e. The molecule has 3 amide bonds. The van der Waals surface area contributed by atoms with Gasteiger partial charge in [-0.25, -0.2) is 4.79 Å². The summed E-state index contributed by atoms with van der Waals surface area (Å²) < 4.78 is 35.9. The van der Waals surface area contributed by atoms with E-state index in [1.165, 1.54) is 25.7 Å². The summed E-state index contributed by atoms with van der Waals surface area (Å²) in [4.78, 5) is 25.4.